The van der Waals surface area contributed by atoms with E-state index in [1.165, 1.54) is 0 Å². The highest BCUT2D eigenvalue weighted by Gasteiger charge is 2.06. The van der Waals surface area contributed by atoms with Crippen LogP contribution in [-0.4, -0.2) is 17.0 Å². The predicted octanol–water partition coefficient (Wildman–Crippen LogP) is 2.37. The minimum Gasteiger partial charge on any atom is -0.351 e. The molecule has 0 aliphatic rings. The molecule has 0 spiro atoms. The number of halogens is 1. The molecule has 1 aromatic carbocycles. The van der Waals surface area contributed by atoms with E-state index in [4.69, 9.17) is 17.3 Å². The Hall–Kier alpha value is -2.60. The maximum Gasteiger partial charge on any atom is 0.318 e. The molecule has 21 heavy (non-hydrogen) atoms. The van der Waals surface area contributed by atoms with Gasteiger partial charge < -0.3 is 11.1 Å². The lowest BCUT2D eigenvalue weighted by molar-refractivity contribution is 0.253. The summed E-state index contributed by atoms with van der Waals surface area (Å²) in [5.41, 5.74) is 6.13. The number of hydrogen-bond donors (Lipinski definition) is 3. The van der Waals surface area contributed by atoms with Crippen LogP contribution in [0.2, 0.25) is 5.02 Å². The van der Waals surface area contributed by atoms with Crippen molar-refractivity contribution in [2.24, 2.45) is 10.7 Å². The van der Waals surface area contributed by atoms with Gasteiger partial charge in [-0.15, -0.1) is 0 Å². The molecule has 0 saturated carbocycles. The van der Waals surface area contributed by atoms with E-state index in [2.05, 4.69) is 20.6 Å². The summed E-state index contributed by atoms with van der Waals surface area (Å²) in [6.07, 6.45) is 1.58. The van der Waals surface area contributed by atoms with Crippen molar-refractivity contribution in [2.45, 2.75) is 6.54 Å². The van der Waals surface area contributed by atoms with E-state index >= 15 is 0 Å². The summed E-state index contributed by atoms with van der Waals surface area (Å²) < 4.78 is 0. The molecule has 0 radical (unpaired) electrons. The molecule has 4 N–H and O–H groups in total. The topological polar surface area (TPSA) is 92.4 Å². The van der Waals surface area contributed by atoms with Gasteiger partial charge >= 0.3 is 6.03 Å². The van der Waals surface area contributed by atoms with Gasteiger partial charge in [-0.2, -0.15) is 0 Å². The second-order valence-electron chi connectivity index (χ2n) is 4.10. The molecule has 1 heterocycles. The number of aliphatic imine (C=N–C) groups is 1. The van der Waals surface area contributed by atoms with E-state index in [0.29, 0.717) is 17.4 Å². The van der Waals surface area contributed by atoms with Crippen molar-refractivity contribution in [1.29, 1.82) is 0 Å². The molecule has 0 fully saturated rings. The third-order valence-electron chi connectivity index (χ3n) is 2.50. The fourth-order valence-electron chi connectivity index (χ4n) is 1.57. The Balaban J connectivity index is 2.14. The zero-order chi connectivity index (χ0) is 15.1. The SMILES string of the molecule is NC(=O)NC(=NCc1ccccc1)Nc1ncccc1Cl. The quantitative estimate of drug-likeness (QED) is 0.600. The largest absolute Gasteiger partial charge is 0.351 e. The number of anilines is 1. The Bertz CT molecular complexity index is 645. The number of guanidine groups is 1. The third kappa shape index (κ3) is 4.77. The minimum atomic E-state index is -0.721. The fourth-order valence-corrected chi connectivity index (χ4v) is 1.74. The fraction of sp³-hybridized carbons (Fsp3) is 0.0714. The van der Waals surface area contributed by atoms with Gasteiger partial charge in [0.15, 0.2) is 5.82 Å². The number of urea groups is 1. The second-order valence-corrected chi connectivity index (χ2v) is 4.51. The average molecular weight is 304 g/mol. The monoisotopic (exact) mass is 303 g/mol. The maximum absolute atomic E-state index is 11.0. The number of hydrogen-bond acceptors (Lipinski definition) is 3. The van der Waals surface area contributed by atoms with Crippen molar-refractivity contribution >= 4 is 29.4 Å². The normalized spacial score (nSPS) is 11.0. The number of rotatable bonds is 3. The van der Waals surface area contributed by atoms with Crippen LogP contribution in [0.5, 0.6) is 0 Å². The Morgan fingerprint density at radius 3 is 2.67 bits per heavy atom. The van der Waals surface area contributed by atoms with Crippen LogP contribution in [0.4, 0.5) is 10.6 Å². The second kappa shape index (κ2) is 7.25. The first-order valence-corrected chi connectivity index (χ1v) is 6.55. The molecule has 0 saturated heterocycles. The highest BCUT2D eigenvalue weighted by Crippen LogP contribution is 2.17. The van der Waals surface area contributed by atoms with Crippen molar-refractivity contribution in [3.05, 3.63) is 59.2 Å². The van der Waals surface area contributed by atoms with Gasteiger partial charge in [0, 0.05) is 6.20 Å². The molecule has 0 aliphatic carbocycles. The van der Waals surface area contributed by atoms with Gasteiger partial charge in [0.25, 0.3) is 0 Å². The number of carbonyl (C=O) groups excluding carboxylic acids is 1. The maximum atomic E-state index is 11.0. The standard InChI is InChI=1S/C14H14ClN5O/c15-11-7-4-8-17-12(11)19-14(20-13(16)21)18-9-10-5-2-1-3-6-10/h1-8H,9H2,(H4,16,17,18,19,20,21). The predicted molar refractivity (Wildman–Crippen MR) is 83.2 cm³/mol. The third-order valence-corrected chi connectivity index (χ3v) is 2.80. The summed E-state index contributed by atoms with van der Waals surface area (Å²) in [6, 6.07) is 12.3. The lowest BCUT2D eigenvalue weighted by Crippen LogP contribution is -2.39. The minimum absolute atomic E-state index is 0.187. The van der Waals surface area contributed by atoms with Gasteiger partial charge in [-0.3, -0.25) is 5.32 Å². The lowest BCUT2D eigenvalue weighted by Gasteiger charge is -2.10. The van der Waals surface area contributed by atoms with Crippen molar-refractivity contribution in [3.8, 4) is 0 Å². The number of aromatic nitrogens is 1. The van der Waals surface area contributed by atoms with E-state index in [9.17, 15) is 4.79 Å². The van der Waals surface area contributed by atoms with Crippen molar-refractivity contribution in [3.63, 3.8) is 0 Å². The van der Waals surface area contributed by atoms with E-state index in [-0.39, 0.29) is 5.96 Å². The van der Waals surface area contributed by atoms with Crippen LogP contribution in [0.25, 0.3) is 0 Å². The zero-order valence-electron chi connectivity index (χ0n) is 11.1. The Morgan fingerprint density at radius 2 is 2.00 bits per heavy atom. The van der Waals surface area contributed by atoms with Crippen LogP contribution < -0.4 is 16.4 Å². The van der Waals surface area contributed by atoms with E-state index in [1.807, 2.05) is 30.3 Å². The van der Waals surface area contributed by atoms with Crippen LogP contribution in [0.15, 0.2) is 53.7 Å². The van der Waals surface area contributed by atoms with Crippen LogP contribution >= 0.6 is 11.6 Å². The number of nitrogens with zero attached hydrogens (tertiary/aromatic N) is 2. The lowest BCUT2D eigenvalue weighted by atomic mass is 10.2. The van der Waals surface area contributed by atoms with Gasteiger partial charge in [-0.25, -0.2) is 14.8 Å². The molecular formula is C14H14ClN5O. The molecule has 0 unspecified atom stereocenters. The molecule has 0 atom stereocenters. The van der Waals surface area contributed by atoms with Gasteiger partial charge in [0.2, 0.25) is 5.96 Å². The molecule has 7 heteroatoms. The smallest absolute Gasteiger partial charge is 0.318 e. The summed E-state index contributed by atoms with van der Waals surface area (Å²) >= 11 is 6.00. The number of pyridine rings is 1. The molecule has 2 amide bonds. The molecule has 1 aromatic heterocycles. The van der Waals surface area contributed by atoms with Gasteiger partial charge in [-0.05, 0) is 17.7 Å². The summed E-state index contributed by atoms with van der Waals surface area (Å²) in [5, 5.41) is 5.66. The highest BCUT2D eigenvalue weighted by atomic mass is 35.5. The Labute approximate surface area is 127 Å². The molecule has 0 bridgehead atoms. The van der Waals surface area contributed by atoms with Crippen LogP contribution in [0.1, 0.15) is 5.56 Å². The summed E-state index contributed by atoms with van der Waals surface area (Å²) in [4.78, 5) is 19.4. The molecule has 2 rings (SSSR count). The number of nitrogens with one attached hydrogen (secondary N) is 2. The molecule has 0 aliphatic heterocycles. The van der Waals surface area contributed by atoms with E-state index in [1.54, 1.807) is 18.3 Å². The highest BCUT2D eigenvalue weighted by molar-refractivity contribution is 6.33. The van der Waals surface area contributed by atoms with E-state index < -0.39 is 6.03 Å². The Morgan fingerprint density at radius 1 is 1.24 bits per heavy atom. The molecule has 6 nitrogen and oxygen atoms in total. The Kier molecular flexibility index (Phi) is 5.11. The van der Waals surface area contributed by atoms with Crippen LogP contribution in [-0.2, 0) is 6.54 Å². The van der Waals surface area contributed by atoms with Crippen molar-refractivity contribution < 1.29 is 4.79 Å². The van der Waals surface area contributed by atoms with Crippen LogP contribution in [0.3, 0.4) is 0 Å². The van der Waals surface area contributed by atoms with Crippen molar-refractivity contribution in [1.82, 2.24) is 10.3 Å². The molecular weight excluding hydrogens is 290 g/mol. The summed E-state index contributed by atoms with van der Waals surface area (Å²) in [5.74, 6) is 0.576. The first-order valence-electron chi connectivity index (χ1n) is 6.17. The number of nitrogens with two attached hydrogens (primary N) is 1. The summed E-state index contributed by atoms with van der Waals surface area (Å²) in [6.45, 7) is 0.383. The first-order chi connectivity index (χ1) is 10.1. The number of amides is 2. The van der Waals surface area contributed by atoms with Crippen molar-refractivity contribution in [2.75, 3.05) is 5.32 Å². The number of carbonyl (C=O) groups is 1. The molecule has 2 aromatic rings. The molecule has 108 valence electrons. The van der Waals surface area contributed by atoms with E-state index in [0.717, 1.165) is 5.56 Å². The van der Waals surface area contributed by atoms with Crippen LogP contribution in [0, 0.1) is 0 Å². The van der Waals surface area contributed by atoms with Gasteiger partial charge in [-0.1, -0.05) is 41.9 Å². The summed E-state index contributed by atoms with van der Waals surface area (Å²) in [7, 11) is 0. The van der Waals surface area contributed by atoms with Gasteiger partial charge in [0.05, 0.1) is 11.6 Å². The number of primary amides is 1. The number of benzene rings is 1. The zero-order valence-corrected chi connectivity index (χ0v) is 11.8. The average Bonchev–Trinajstić information content (AvgIpc) is 2.48. The first kappa shape index (κ1) is 14.8. The van der Waals surface area contributed by atoms with Gasteiger partial charge in [0.1, 0.15) is 0 Å².